The van der Waals surface area contributed by atoms with E-state index >= 15 is 0 Å². The molecule has 5 heteroatoms. The van der Waals surface area contributed by atoms with Crippen LogP contribution in [0.3, 0.4) is 0 Å². The second kappa shape index (κ2) is 25.5. The van der Waals surface area contributed by atoms with Crippen molar-refractivity contribution in [2.45, 2.75) is 96.8 Å². The Bertz CT molecular complexity index is 224. The van der Waals surface area contributed by atoms with E-state index in [1.165, 1.54) is 89.9 Å². The van der Waals surface area contributed by atoms with Crippen LogP contribution in [-0.2, 0) is 15.2 Å². The Morgan fingerprint density at radius 3 is 1.39 bits per heavy atom. The molecule has 1 nitrogen and oxygen atoms in total. The van der Waals surface area contributed by atoms with Gasteiger partial charge in [0.05, 0.1) is 0 Å². The minimum absolute atomic E-state index is 0.862. The van der Waals surface area contributed by atoms with Crippen LogP contribution in [0.25, 0.3) is 0 Å². The number of hydrogen-bond acceptors (Lipinski definition) is 1. The third-order valence-corrected chi connectivity index (χ3v) is 3.72. The van der Waals surface area contributed by atoms with E-state index in [0.29, 0.717) is 0 Å². The molecule has 0 aliphatic carbocycles. The van der Waals surface area contributed by atoms with Gasteiger partial charge in [0, 0.05) is 0 Å². The van der Waals surface area contributed by atoms with Gasteiger partial charge in [0.2, 0.25) is 0 Å². The van der Waals surface area contributed by atoms with Gasteiger partial charge in [0.25, 0.3) is 0 Å². The molecule has 146 valence electrons. The predicted molar refractivity (Wildman–Crippen MR) is 106 cm³/mol. The van der Waals surface area contributed by atoms with Crippen LogP contribution < -0.4 is 5.73 Å². The summed E-state index contributed by atoms with van der Waals surface area (Å²) in [7, 11) is 14.9. The van der Waals surface area contributed by atoms with Gasteiger partial charge in [-0.1, -0.05) is 76.9 Å². The van der Waals surface area contributed by atoms with E-state index in [1.54, 1.807) is 0 Å². The Morgan fingerprint density at radius 2 is 1.00 bits per heavy atom. The number of rotatable bonds is 15. The van der Waals surface area contributed by atoms with Gasteiger partial charge in [0.15, 0.2) is 0 Å². The van der Waals surface area contributed by atoms with E-state index in [0.717, 1.165) is 6.54 Å². The predicted octanol–water partition coefficient (Wildman–Crippen LogP) is 8.05. The SMILES string of the molecule is CCCCCCCC/C=C\CCCCCCCCN.[Cl][Au]([Cl])[Cl]. The summed E-state index contributed by atoms with van der Waals surface area (Å²) in [5.74, 6) is 0. The van der Waals surface area contributed by atoms with Gasteiger partial charge >= 0.3 is 42.8 Å². The zero-order chi connectivity index (χ0) is 17.6. The van der Waals surface area contributed by atoms with Crippen LogP contribution in [0.2, 0.25) is 0 Å². The van der Waals surface area contributed by atoms with Crippen LogP contribution in [0.5, 0.6) is 0 Å². The summed E-state index contributed by atoms with van der Waals surface area (Å²) in [6.45, 7) is 3.14. The van der Waals surface area contributed by atoms with Crippen molar-refractivity contribution in [3.8, 4) is 0 Å². The van der Waals surface area contributed by atoms with Crippen molar-refractivity contribution in [3.63, 3.8) is 0 Å². The zero-order valence-electron chi connectivity index (χ0n) is 14.8. The molecule has 0 heterocycles. The van der Waals surface area contributed by atoms with Gasteiger partial charge in [-0.25, -0.2) is 0 Å². The molecule has 0 fully saturated rings. The summed E-state index contributed by atoms with van der Waals surface area (Å²) >= 11 is -1.79. The van der Waals surface area contributed by atoms with E-state index in [2.05, 4.69) is 19.1 Å². The van der Waals surface area contributed by atoms with Gasteiger partial charge in [-0.15, -0.1) is 0 Å². The normalized spacial score (nSPS) is 11.4. The van der Waals surface area contributed by atoms with E-state index in [4.69, 9.17) is 33.3 Å². The van der Waals surface area contributed by atoms with Gasteiger partial charge < -0.3 is 5.73 Å². The molecule has 0 aromatic carbocycles. The van der Waals surface area contributed by atoms with E-state index in [-0.39, 0.29) is 0 Å². The Morgan fingerprint density at radius 1 is 0.652 bits per heavy atom. The Balaban J connectivity index is 0. The number of halogens is 3. The van der Waals surface area contributed by atoms with E-state index in [9.17, 15) is 0 Å². The van der Waals surface area contributed by atoms with Crippen molar-refractivity contribution in [1.29, 1.82) is 0 Å². The van der Waals surface area contributed by atoms with Crippen LogP contribution in [0, 0.1) is 0 Å². The minimum atomic E-state index is -1.79. The first kappa shape index (κ1) is 26.5. The molecule has 0 atom stereocenters. The summed E-state index contributed by atoms with van der Waals surface area (Å²) in [6, 6.07) is 0. The summed E-state index contributed by atoms with van der Waals surface area (Å²) in [5.41, 5.74) is 5.47. The number of unbranched alkanes of at least 4 members (excludes halogenated alkanes) is 12. The first-order valence-electron chi connectivity index (χ1n) is 9.11. The van der Waals surface area contributed by atoms with Crippen LogP contribution in [0.15, 0.2) is 12.2 Å². The van der Waals surface area contributed by atoms with Crippen molar-refractivity contribution < 1.29 is 15.2 Å². The number of allylic oxidation sites excluding steroid dienone is 2. The van der Waals surface area contributed by atoms with Crippen LogP contribution in [0.4, 0.5) is 0 Å². The Labute approximate surface area is 163 Å². The topological polar surface area (TPSA) is 26.0 Å². The van der Waals surface area contributed by atoms with Gasteiger partial charge in [-0.05, 0) is 38.6 Å². The fourth-order valence-electron chi connectivity index (χ4n) is 2.39. The van der Waals surface area contributed by atoms with Crippen molar-refractivity contribution in [3.05, 3.63) is 12.2 Å². The molecule has 0 bridgehead atoms. The molecular weight excluding hydrogens is 534 g/mol. The van der Waals surface area contributed by atoms with Crippen molar-refractivity contribution >= 4 is 27.6 Å². The average Bonchev–Trinajstić information content (AvgIpc) is 2.50. The fraction of sp³-hybridized carbons (Fsp3) is 0.889. The maximum absolute atomic E-state index is 5.47. The van der Waals surface area contributed by atoms with Crippen LogP contribution >= 0.6 is 27.6 Å². The standard InChI is InChI=1S/C18H37N.Au.3ClH/c1-2-3-4-5-6-7-8-9-10-11-12-13-14-15-16-17-18-19;;;;/h9-10H,2-8,11-19H2,1H3;;3*1H/q;+3;;;/p-3/b10-9-;;;;. The second-order valence-electron chi connectivity index (χ2n) is 5.86. The molecule has 0 spiro atoms. The van der Waals surface area contributed by atoms with Gasteiger partial charge in [-0.2, -0.15) is 0 Å². The molecular formula is C18H37AuCl3N. The van der Waals surface area contributed by atoms with E-state index < -0.39 is 15.2 Å². The first-order chi connectivity index (χ1) is 11.1. The molecule has 0 amide bonds. The Kier molecular flexibility index (Phi) is 29.5. The second-order valence-corrected chi connectivity index (χ2v) is 15.2. The molecule has 2 N–H and O–H groups in total. The van der Waals surface area contributed by atoms with Gasteiger partial charge in [0.1, 0.15) is 0 Å². The quantitative estimate of drug-likeness (QED) is 0.120. The summed E-state index contributed by atoms with van der Waals surface area (Å²) in [4.78, 5) is 0. The zero-order valence-corrected chi connectivity index (χ0v) is 19.2. The Hall–Kier alpha value is 1.31. The summed E-state index contributed by atoms with van der Waals surface area (Å²) in [6.07, 6.45) is 23.9. The van der Waals surface area contributed by atoms with Crippen LogP contribution in [0.1, 0.15) is 96.8 Å². The van der Waals surface area contributed by atoms with Crippen molar-refractivity contribution in [2.75, 3.05) is 6.54 Å². The number of hydrogen-bond donors (Lipinski definition) is 1. The molecule has 0 rings (SSSR count). The molecule has 0 radical (unpaired) electrons. The summed E-state index contributed by atoms with van der Waals surface area (Å²) < 4.78 is 0. The fourth-order valence-corrected chi connectivity index (χ4v) is 2.39. The molecule has 0 aliphatic rings. The van der Waals surface area contributed by atoms with Crippen LogP contribution in [-0.4, -0.2) is 6.54 Å². The maximum atomic E-state index is 5.47. The molecule has 0 aromatic rings. The molecule has 0 saturated heterocycles. The third-order valence-electron chi connectivity index (χ3n) is 3.72. The number of nitrogens with two attached hydrogens (primary N) is 1. The molecule has 0 aliphatic heterocycles. The molecule has 0 unspecified atom stereocenters. The van der Waals surface area contributed by atoms with E-state index in [1.807, 2.05) is 0 Å². The monoisotopic (exact) mass is 569 g/mol. The van der Waals surface area contributed by atoms with Crippen molar-refractivity contribution in [1.82, 2.24) is 0 Å². The molecule has 0 saturated carbocycles. The molecule has 23 heavy (non-hydrogen) atoms. The third kappa shape index (κ3) is 35.3. The molecule has 0 aromatic heterocycles. The average molecular weight is 571 g/mol. The van der Waals surface area contributed by atoms with Crippen molar-refractivity contribution in [2.24, 2.45) is 5.73 Å². The first-order valence-corrected chi connectivity index (χ1v) is 17.2. The van der Waals surface area contributed by atoms with Gasteiger partial charge in [-0.3, -0.25) is 0 Å². The summed E-state index contributed by atoms with van der Waals surface area (Å²) in [5, 5.41) is 0.